The first-order valence-electron chi connectivity index (χ1n) is 9.38. The number of carbonyl (C=O) groups is 1. The first-order chi connectivity index (χ1) is 12.7. The highest BCUT2D eigenvalue weighted by Crippen LogP contribution is 2.36. The zero-order valence-electron chi connectivity index (χ0n) is 14.9. The molecule has 1 fully saturated rings. The molecular formula is C22H27NO3. The Morgan fingerprint density at radius 2 is 1.69 bits per heavy atom. The number of aliphatic hydroxyl groups excluding tert-OH is 2. The van der Waals surface area contributed by atoms with E-state index in [9.17, 15) is 15.0 Å². The van der Waals surface area contributed by atoms with Crippen molar-refractivity contribution in [2.45, 2.75) is 43.7 Å². The number of hydrogen-bond acceptors (Lipinski definition) is 3. The molecule has 3 rings (SSSR count). The highest BCUT2D eigenvalue weighted by atomic mass is 16.3. The van der Waals surface area contributed by atoms with Gasteiger partial charge in [0.25, 0.3) is 0 Å². The van der Waals surface area contributed by atoms with E-state index in [4.69, 9.17) is 0 Å². The van der Waals surface area contributed by atoms with Gasteiger partial charge in [-0.05, 0) is 36.3 Å². The summed E-state index contributed by atoms with van der Waals surface area (Å²) in [6.45, 7) is -0.295. The maximum Gasteiger partial charge on any atom is 0.223 e. The molecule has 0 aromatic heterocycles. The molecule has 4 nitrogen and oxygen atoms in total. The van der Waals surface area contributed by atoms with Crippen molar-refractivity contribution < 1.29 is 15.0 Å². The predicted octanol–water partition coefficient (Wildman–Crippen LogP) is 3.17. The molecule has 138 valence electrons. The van der Waals surface area contributed by atoms with Gasteiger partial charge in [-0.3, -0.25) is 4.79 Å². The molecule has 0 aliphatic heterocycles. The fourth-order valence-electron chi connectivity index (χ4n) is 3.86. The number of amides is 1. The lowest BCUT2D eigenvalue weighted by Gasteiger charge is -2.31. The largest absolute Gasteiger partial charge is 0.394 e. The average Bonchev–Trinajstić information content (AvgIpc) is 2.72. The van der Waals surface area contributed by atoms with Gasteiger partial charge in [-0.2, -0.15) is 0 Å². The van der Waals surface area contributed by atoms with E-state index in [1.54, 1.807) is 12.1 Å². The Bertz CT molecular complexity index is 689. The van der Waals surface area contributed by atoms with E-state index in [0.29, 0.717) is 11.5 Å². The summed E-state index contributed by atoms with van der Waals surface area (Å²) in [6.07, 6.45) is 2.87. The topological polar surface area (TPSA) is 69.6 Å². The zero-order chi connectivity index (χ0) is 18.4. The molecule has 26 heavy (non-hydrogen) atoms. The summed E-state index contributed by atoms with van der Waals surface area (Å²) in [5.74, 6) is 0.248. The third-order valence-corrected chi connectivity index (χ3v) is 5.36. The normalized spacial score (nSPS) is 22.4. The Balaban J connectivity index is 1.62. The van der Waals surface area contributed by atoms with Crippen LogP contribution < -0.4 is 5.32 Å². The molecule has 4 heteroatoms. The first kappa shape index (κ1) is 18.6. The Hall–Kier alpha value is -2.17. The molecule has 1 saturated carbocycles. The fourth-order valence-corrected chi connectivity index (χ4v) is 3.86. The third-order valence-electron chi connectivity index (χ3n) is 5.36. The monoisotopic (exact) mass is 353 g/mol. The number of rotatable bonds is 6. The number of nitrogens with one attached hydrogen (secondary N) is 1. The summed E-state index contributed by atoms with van der Waals surface area (Å²) in [5.41, 5.74) is 1.98. The summed E-state index contributed by atoms with van der Waals surface area (Å²) < 4.78 is 0. The van der Waals surface area contributed by atoms with Gasteiger partial charge in [-0.15, -0.1) is 0 Å². The molecule has 0 unspecified atom stereocenters. The standard InChI is InChI=1S/C22H27NO3/c24-15-20(21(25)17-10-5-2-6-11-17)23-22(26)19-13-7-12-18(14-19)16-8-3-1-4-9-16/h1-6,8-11,18-21,24-25H,7,12-15H2,(H,23,26)/t18-,19+,20+,21+/m1/s1. The lowest BCUT2D eigenvalue weighted by Crippen LogP contribution is -2.45. The first-order valence-corrected chi connectivity index (χ1v) is 9.38. The van der Waals surface area contributed by atoms with E-state index >= 15 is 0 Å². The second kappa shape index (κ2) is 8.97. The van der Waals surface area contributed by atoms with Crippen LogP contribution in [0, 0.1) is 5.92 Å². The minimum absolute atomic E-state index is 0.0698. The molecule has 1 aliphatic carbocycles. The number of benzene rings is 2. The predicted molar refractivity (Wildman–Crippen MR) is 102 cm³/mol. The molecule has 1 aliphatic rings. The van der Waals surface area contributed by atoms with Crippen LogP contribution in [0.3, 0.4) is 0 Å². The van der Waals surface area contributed by atoms with Crippen molar-refractivity contribution in [3.63, 3.8) is 0 Å². The Kier molecular flexibility index (Phi) is 6.42. The number of hydrogen-bond donors (Lipinski definition) is 3. The molecule has 1 amide bonds. The minimum Gasteiger partial charge on any atom is -0.394 e. The molecule has 2 aromatic rings. The Morgan fingerprint density at radius 3 is 2.35 bits per heavy atom. The van der Waals surface area contributed by atoms with E-state index in [2.05, 4.69) is 17.4 Å². The van der Waals surface area contributed by atoms with Crippen molar-refractivity contribution in [3.05, 3.63) is 71.8 Å². The van der Waals surface area contributed by atoms with E-state index in [1.165, 1.54) is 5.56 Å². The quantitative estimate of drug-likeness (QED) is 0.747. The van der Waals surface area contributed by atoms with Crippen molar-refractivity contribution in [2.24, 2.45) is 5.92 Å². The summed E-state index contributed by atoms with van der Waals surface area (Å²) >= 11 is 0. The van der Waals surface area contributed by atoms with Gasteiger partial charge in [0.05, 0.1) is 12.6 Å². The molecule has 0 saturated heterocycles. The van der Waals surface area contributed by atoms with E-state index in [0.717, 1.165) is 25.7 Å². The lowest BCUT2D eigenvalue weighted by molar-refractivity contribution is -0.128. The van der Waals surface area contributed by atoms with Gasteiger partial charge in [0, 0.05) is 5.92 Å². The van der Waals surface area contributed by atoms with E-state index in [-0.39, 0.29) is 18.4 Å². The molecule has 3 N–H and O–H groups in total. The van der Waals surface area contributed by atoms with Gasteiger partial charge in [0.1, 0.15) is 6.10 Å². The van der Waals surface area contributed by atoms with Gasteiger partial charge < -0.3 is 15.5 Å². The van der Waals surface area contributed by atoms with Crippen molar-refractivity contribution in [2.75, 3.05) is 6.61 Å². The van der Waals surface area contributed by atoms with Crippen LogP contribution in [0.1, 0.15) is 48.8 Å². The van der Waals surface area contributed by atoms with E-state index in [1.807, 2.05) is 36.4 Å². The highest BCUT2D eigenvalue weighted by Gasteiger charge is 2.30. The van der Waals surface area contributed by atoms with Crippen LogP contribution in [0.25, 0.3) is 0 Å². The van der Waals surface area contributed by atoms with Gasteiger partial charge in [0.15, 0.2) is 0 Å². The average molecular weight is 353 g/mol. The summed E-state index contributed by atoms with van der Waals surface area (Å²) in [7, 11) is 0. The van der Waals surface area contributed by atoms with Crippen LogP contribution in [-0.2, 0) is 4.79 Å². The molecule has 4 atom stereocenters. The maximum atomic E-state index is 12.7. The maximum absolute atomic E-state index is 12.7. The zero-order valence-corrected chi connectivity index (χ0v) is 14.9. The van der Waals surface area contributed by atoms with Crippen LogP contribution in [0.4, 0.5) is 0 Å². The van der Waals surface area contributed by atoms with Crippen molar-refractivity contribution >= 4 is 5.91 Å². The van der Waals surface area contributed by atoms with Crippen molar-refractivity contribution in [1.82, 2.24) is 5.32 Å². The van der Waals surface area contributed by atoms with Crippen LogP contribution in [0.5, 0.6) is 0 Å². The van der Waals surface area contributed by atoms with E-state index < -0.39 is 12.1 Å². The molecule has 2 aromatic carbocycles. The van der Waals surface area contributed by atoms with Crippen LogP contribution in [0.15, 0.2) is 60.7 Å². The second-order valence-electron chi connectivity index (χ2n) is 7.12. The van der Waals surface area contributed by atoms with Gasteiger partial charge in [-0.1, -0.05) is 67.1 Å². The molecule has 0 heterocycles. The fraction of sp³-hybridized carbons (Fsp3) is 0.409. The number of carbonyl (C=O) groups excluding carboxylic acids is 1. The summed E-state index contributed by atoms with van der Waals surface area (Å²) in [4.78, 5) is 12.7. The summed E-state index contributed by atoms with van der Waals surface area (Å²) in [5, 5.41) is 23.0. The molecular weight excluding hydrogens is 326 g/mol. The third kappa shape index (κ3) is 4.51. The highest BCUT2D eigenvalue weighted by molar-refractivity contribution is 5.79. The Labute approximate surface area is 154 Å². The minimum atomic E-state index is -0.918. The van der Waals surface area contributed by atoms with Crippen molar-refractivity contribution in [1.29, 1.82) is 0 Å². The van der Waals surface area contributed by atoms with Gasteiger partial charge in [-0.25, -0.2) is 0 Å². The summed E-state index contributed by atoms with van der Waals surface area (Å²) in [6, 6.07) is 18.8. The number of aliphatic hydroxyl groups is 2. The van der Waals surface area contributed by atoms with Gasteiger partial charge >= 0.3 is 0 Å². The Morgan fingerprint density at radius 1 is 1.04 bits per heavy atom. The molecule has 0 radical (unpaired) electrons. The van der Waals surface area contributed by atoms with Gasteiger partial charge in [0.2, 0.25) is 5.91 Å². The molecule has 0 spiro atoms. The lowest BCUT2D eigenvalue weighted by atomic mass is 9.77. The van der Waals surface area contributed by atoms with Crippen LogP contribution >= 0.6 is 0 Å². The SMILES string of the molecule is O=C(N[C@@H](CO)[C@@H](O)c1ccccc1)[C@H]1CCC[C@@H](c2ccccc2)C1. The second-order valence-corrected chi connectivity index (χ2v) is 7.12. The molecule has 0 bridgehead atoms. The van der Waals surface area contributed by atoms with Crippen LogP contribution in [-0.4, -0.2) is 28.8 Å². The smallest absolute Gasteiger partial charge is 0.223 e. The van der Waals surface area contributed by atoms with Crippen LogP contribution in [0.2, 0.25) is 0 Å². The van der Waals surface area contributed by atoms with Crippen molar-refractivity contribution in [3.8, 4) is 0 Å².